The summed E-state index contributed by atoms with van der Waals surface area (Å²) in [5.41, 5.74) is 1.94. The Morgan fingerprint density at radius 1 is 1.20 bits per heavy atom. The molecule has 0 bridgehead atoms. The summed E-state index contributed by atoms with van der Waals surface area (Å²) < 4.78 is 6.81. The highest BCUT2D eigenvalue weighted by Crippen LogP contribution is 2.22. The average molecular weight is 267 g/mol. The molecule has 20 heavy (non-hydrogen) atoms. The van der Waals surface area contributed by atoms with Crippen LogP contribution in [-0.4, -0.2) is 27.7 Å². The SMILES string of the molecule is COc1ccc(-n2nc(C(C)=O)c3cccnc32)cc1. The lowest BCUT2D eigenvalue weighted by molar-refractivity contribution is 0.101. The van der Waals surface area contributed by atoms with E-state index in [0.717, 1.165) is 16.8 Å². The lowest BCUT2D eigenvalue weighted by atomic mass is 10.2. The quantitative estimate of drug-likeness (QED) is 0.684. The maximum absolute atomic E-state index is 11.7. The molecule has 3 aromatic rings. The van der Waals surface area contributed by atoms with Gasteiger partial charge in [0.2, 0.25) is 0 Å². The first-order valence-electron chi connectivity index (χ1n) is 6.20. The number of pyridine rings is 1. The molecule has 5 nitrogen and oxygen atoms in total. The molecule has 0 aliphatic carbocycles. The van der Waals surface area contributed by atoms with Crippen molar-refractivity contribution in [3.8, 4) is 11.4 Å². The van der Waals surface area contributed by atoms with Gasteiger partial charge in [0.15, 0.2) is 11.4 Å². The Bertz CT molecular complexity index is 775. The van der Waals surface area contributed by atoms with Crippen LogP contribution in [0.1, 0.15) is 17.4 Å². The number of carbonyl (C=O) groups excluding carboxylic acids is 1. The van der Waals surface area contributed by atoms with E-state index in [2.05, 4.69) is 10.1 Å². The van der Waals surface area contributed by atoms with Crippen LogP contribution in [-0.2, 0) is 0 Å². The Labute approximate surface area is 115 Å². The third kappa shape index (κ3) is 1.93. The molecule has 0 amide bonds. The van der Waals surface area contributed by atoms with E-state index >= 15 is 0 Å². The van der Waals surface area contributed by atoms with Crippen molar-refractivity contribution in [3.05, 3.63) is 48.3 Å². The van der Waals surface area contributed by atoms with Crippen LogP contribution in [0.5, 0.6) is 5.75 Å². The molecule has 0 radical (unpaired) electrons. The minimum absolute atomic E-state index is 0.0738. The topological polar surface area (TPSA) is 57.0 Å². The Balaban J connectivity index is 2.22. The highest BCUT2D eigenvalue weighted by Gasteiger charge is 2.15. The molecule has 0 spiro atoms. The van der Waals surface area contributed by atoms with Crippen LogP contribution in [0.25, 0.3) is 16.7 Å². The van der Waals surface area contributed by atoms with Gasteiger partial charge in [-0.3, -0.25) is 4.79 Å². The first-order valence-corrected chi connectivity index (χ1v) is 6.20. The maximum Gasteiger partial charge on any atom is 0.180 e. The zero-order valence-corrected chi connectivity index (χ0v) is 11.2. The minimum atomic E-state index is -0.0738. The number of aromatic nitrogens is 3. The van der Waals surface area contributed by atoms with Crippen molar-refractivity contribution >= 4 is 16.8 Å². The van der Waals surface area contributed by atoms with E-state index in [1.54, 1.807) is 24.1 Å². The van der Waals surface area contributed by atoms with E-state index in [0.29, 0.717) is 11.3 Å². The summed E-state index contributed by atoms with van der Waals surface area (Å²) in [6.45, 7) is 1.51. The molecule has 0 fully saturated rings. The third-order valence-electron chi connectivity index (χ3n) is 3.09. The average Bonchev–Trinajstić information content (AvgIpc) is 2.87. The molecule has 0 aliphatic rings. The summed E-state index contributed by atoms with van der Waals surface area (Å²) in [5.74, 6) is 0.695. The number of benzene rings is 1. The number of Topliss-reactive ketones (excluding diaryl/α,β-unsaturated/α-hetero) is 1. The van der Waals surface area contributed by atoms with Gasteiger partial charge >= 0.3 is 0 Å². The Kier molecular flexibility index (Phi) is 2.95. The molecule has 0 aliphatic heterocycles. The fraction of sp³-hybridized carbons (Fsp3) is 0.133. The van der Waals surface area contributed by atoms with Gasteiger partial charge in [0, 0.05) is 13.1 Å². The number of ketones is 1. The predicted octanol–water partition coefficient (Wildman–Crippen LogP) is 2.63. The molecule has 0 saturated heterocycles. The highest BCUT2D eigenvalue weighted by molar-refractivity contribution is 6.04. The van der Waals surface area contributed by atoms with Gasteiger partial charge in [-0.25, -0.2) is 9.67 Å². The van der Waals surface area contributed by atoms with Crippen molar-refractivity contribution in [2.24, 2.45) is 0 Å². The van der Waals surface area contributed by atoms with Gasteiger partial charge in [-0.15, -0.1) is 0 Å². The van der Waals surface area contributed by atoms with Crippen molar-refractivity contribution in [2.45, 2.75) is 6.92 Å². The van der Waals surface area contributed by atoms with Crippen molar-refractivity contribution in [1.29, 1.82) is 0 Å². The Morgan fingerprint density at radius 2 is 1.95 bits per heavy atom. The van der Waals surface area contributed by atoms with Gasteiger partial charge in [0.25, 0.3) is 0 Å². The van der Waals surface area contributed by atoms with Crippen LogP contribution in [0.15, 0.2) is 42.6 Å². The van der Waals surface area contributed by atoms with Crippen molar-refractivity contribution in [2.75, 3.05) is 7.11 Å². The third-order valence-corrected chi connectivity index (χ3v) is 3.09. The smallest absolute Gasteiger partial charge is 0.180 e. The molecule has 100 valence electrons. The summed E-state index contributed by atoms with van der Waals surface area (Å²) in [4.78, 5) is 16.0. The van der Waals surface area contributed by atoms with Gasteiger partial charge in [0.05, 0.1) is 18.2 Å². The van der Waals surface area contributed by atoms with E-state index in [-0.39, 0.29) is 5.78 Å². The van der Waals surface area contributed by atoms with Crippen LogP contribution < -0.4 is 4.74 Å². The van der Waals surface area contributed by atoms with Gasteiger partial charge in [-0.05, 0) is 36.4 Å². The molecular formula is C15H13N3O2. The lowest BCUT2D eigenvalue weighted by Crippen LogP contribution is -2.00. The van der Waals surface area contributed by atoms with Crippen LogP contribution in [0.3, 0.4) is 0 Å². The summed E-state index contributed by atoms with van der Waals surface area (Å²) in [7, 11) is 1.62. The number of hydrogen-bond acceptors (Lipinski definition) is 4. The zero-order valence-electron chi connectivity index (χ0n) is 11.2. The van der Waals surface area contributed by atoms with Gasteiger partial charge in [-0.2, -0.15) is 5.10 Å². The molecule has 3 rings (SSSR count). The molecule has 0 N–H and O–H groups in total. The molecule has 5 heteroatoms. The van der Waals surface area contributed by atoms with Crippen molar-refractivity contribution < 1.29 is 9.53 Å². The van der Waals surface area contributed by atoms with Gasteiger partial charge in [0.1, 0.15) is 11.4 Å². The predicted molar refractivity (Wildman–Crippen MR) is 75.4 cm³/mol. The molecular weight excluding hydrogens is 254 g/mol. The van der Waals surface area contributed by atoms with Crippen molar-refractivity contribution in [3.63, 3.8) is 0 Å². The number of nitrogens with zero attached hydrogens (tertiary/aromatic N) is 3. The standard InChI is InChI=1S/C15H13N3O2/c1-10(19)14-13-4-3-9-16-15(13)18(17-14)11-5-7-12(20-2)8-6-11/h3-9H,1-2H3. The van der Waals surface area contributed by atoms with E-state index in [9.17, 15) is 4.79 Å². The molecule has 0 unspecified atom stereocenters. The maximum atomic E-state index is 11.7. The zero-order chi connectivity index (χ0) is 14.1. The number of carbonyl (C=O) groups is 1. The van der Waals surface area contributed by atoms with Crippen LogP contribution in [0, 0.1) is 0 Å². The van der Waals surface area contributed by atoms with Crippen LogP contribution in [0.4, 0.5) is 0 Å². The molecule has 1 aromatic carbocycles. The summed E-state index contributed by atoms with van der Waals surface area (Å²) in [5, 5.41) is 5.14. The van der Waals surface area contributed by atoms with E-state index in [4.69, 9.17) is 4.74 Å². The second-order valence-electron chi connectivity index (χ2n) is 4.39. The highest BCUT2D eigenvalue weighted by atomic mass is 16.5. The van der Waals surface area contributed by atoms with Crippen LogP contribution >= 0.6 is 0 Å². The lowest BCUT2D eigenvalue weighted by Gasteiger charge is -2.04. The summed E-state index contributed by atoms with van der Waals surface area (Å²) in [6, 6.07) is 11.1. The number of fused-ring (bicyclic) bond motifs is 1. The normalized spacial score (nSPS) is 10.7. The molecule has 0 saturated carbocycles. The van der Waals surface area contributed by atoms with E-state index < -0.39 is 0 Å². The summed E-state index contributed by atoms with van der Waals surface area (Å²) in [6.07, 6.45) is 1.69. The number of methoxy groups -OCH3 is 1. The first kappa shape index (κ1) is 12.3. The van der Waals surface area contributed by atoms with Crippen molar-refractivity contribution in [1.82, 2.24) is 14.8 Å². The number of ether oxygens (including phenoxy) is 1. The number of rotatable bonds is 3. The van der Waals surface area contributed by atoms with E-state index in [1.807, 2.05) is 30.3 Å². The fourth-order valence-electron chi connectivity index (χ4n) is 2.12. The Morgan fingerprint density at radius 3 is 2.60 bits per heavy atom. The summed E-state index contributed by atoms with van der Waals surface area (Å²) >= 11 is 0. The molecule has 2 aromatic heterocycles. The largest absolute Gasteiger partial charge is 0.497 e. The molecule has 0 atom stereocenters. The van der Waals surface area contributed by atoms with Gasteiger partial charge in [-0.1, -0.05) is 0 Å². The molecule has 2 heterocycles. The monoisotopic (exact) mass is 267 g/mol. The second-order valence-corrected chi connectivity index (χ2v) is 4.39. The first-order chi connectivity index (χ1) is 9.70. The fourth-order valence-corrected chi connectivity index (χ4v) is 2.12. The Hall–Kier alpha value is -2.69. The number of hydrogen-bond donors (Lipinski definition) is 0. The van der Waals surface area contributed by atoms with Gasteiger partial charge < -0.3 is 4.74 Å². The van der Waals surface area contributed by atoms with E-state index in [1.165, 1.54) is 6.92 Å². The second kappa shape index (κ2) is 4.77. The van der Waals surface area contributed by atoms with Crippen LogP contribution in [0.2, 0.25) is 0 Å². The minimum Gasteiger partial charge on any atom is -0.497 e.